The van der Waals surface area contributed by atoms with Crippen molar-refractivity contribution in [1.29, 1.82) is 0 Å². The minimum Gasteiger partial charge on any atom is -0.445 e. The van der Waals surface area contributed by atoms with E-state index in [1.165, 1.54) is 6.26 Å². The smallest absolute Gasteiger partial charge is 0.408 e. The number of ether oxygens (including phenoxy) is 1. The Morgan fingerprint density at radius 1 is 1.10 bits per heavy atom. The molecule has 49 heavy (non-hydrogen) atoms. The van der Waals surface area contributed by atoms with E-state index in [0.717, 1.165) is 22.0 Å². The molecule has 3 amide bonds. The summed E-state index contributed by atoms with van der Waals surface area (Å²) in [5.74, 6) is -0.991. The molecule has 258 valence electrons. The minimum atomic E-state index is -1.63. The van der Waals surface area contributed by atoms with Gasteiger partial charge in [-0.3, -0.25) is 9.59 Å². The van der Waals surface area contributed by atoms with Crippen LogP contribution in [-0.2, 0) is 28.2 Å². The molecule has 2 heterocycles. The third-order valence-electron chi connectivity index (χ3n) is 8.72. The molecule has 0 fully saturated rings. The summed E-state index contributed by atoms with van der Waals surface area (Å²) in [5, 5.41) is 18.6. The monoisotopic (exact) mass is 667 g/mol. The molecule has 5 rings (SSSR count). The van der Waals surface area contributed by atoms with E-state index >= 15 is 0 Å². The summed E-state index contributed by atoms with van der Waals surface area (Å²) < 4.78 is 11.1. The highest BCUT2D eigenvalue weighted by Crippen LogP contribution is 2.36. The third-order valence-corrected chi connectivity index (χ3v) is 8.72. The molecule has 4 aromatic rings. The van der Waals surface area contributed by atoms with Crippen molar-refractivity contribution < 1.29 is 28.6 Å². The molecule has 0 bridgehead atoms. The number of nitrogens with zero attached hydrogens (tertiary/aromatic N) is 2. The molecule has 4 N–H and O–H groups in total. The van der Waals surface area contributed by atoms with Crippen molar-refractivity contribution in [2.24, 2.45) is 11.8 Å². The fourth-order valence-electron chi connectivity index (χ4n) is 6.06. The van der Waals surface area contributed by atoms with E-state index in [0.29, 0.717) is 38.9 Å². The van der Waals surface area contributed by atoms with Crippen LogP contribution in [0.1, 0.15) is 61.1 Å². The average molecular weight is 668 g/mol. The summed E-state index contributed by atoms with van der Waals surface area (Å²) >= 11 is 0. The summed E-state index contributed by atoms with van der Waals surface area (Å²) in [6.07, 6.45) is 10.9. The molecule has 0 spiro atoms. The van der Waals surface area contributed by atoms with Gasteiger partial charge in [0.15, 0.2) is 11.3 Å². The van der Waals surface area contributed by atoms with Crippen molar-refractivity contribution in [3.63, 3.8) is 0 Å². The van der Waals surface area contributed by atoms with Gasteiger partial charge < -0.3 is 34.8 Å². The van der Waals surface area contributed by atoms with E-state index in [-0.39, 0.29) is 30.0 Å². The van der Waals surface area contributed by atoms with E-state index < -0.39 is 29.6 Å². The number of nitrogens with one attached hydrogen (secondary N) is 3. The molecule has 3 atom stereocenters. The zero-order chi connectivity index (χ0) is 34.8. The summed E-state index contributed by atoms with van der Waals surface area (Å²) in [7, 11) is 0. The number of amides is 3. The number of likely N-dealkylation sites (N-methyl/N-ethyl adjacent to an activating group) is 1. The number of hydrogen-bond acceptors (Lipinski definition) is 7. The van der Waals surface area contributed by atoms with Crippen LogP contribution >= 0.6 is 0 Å². The van der Waals surface area contributed by atoms with E-state index in [4.69, 9.17) is 9.15 Å². The van der Waals surface area contributed by atoms with Crippen molar-refractivity contribution in [3.05, 3.63) is 114 Å². The fraction of sp³-hybridized carbons (Fsp3) is 0.368. The zero-order valence-corrected chi connectivity index (χ0v) is 28.2. The first-order valence-electron chi connectivity index (χ1n) is 16.8. The predicted octanol–water partition coefficient (Wildman–Crippen LogP) is 5.64. The van der Waals surface area contributed by atoms with Crippen molar-refractivity contribution >= 4 is 28.8 Å². The molecule has 0 radical (unpaired) electrons. The Kier molecular flexibility index (Phi) is 11.7. The maximum atomic E-state index is 13.7. The second kappa shape index (κ2) is 16.3. The van der Waals surface area contributed by atoms with Crippen molar-refractivity contribution in [1.82, 2.24) is 25.5 Å². The van der Waals surface area contributed by atoms with Crippen LogP contribution in [0.15, 0.2) is 95.8 Å². The Morgan fingerprint density at radius 3 is 2.65 bits per heavy atom. The molecular weight excluding hydrogens is 622 g/mol. The number of alkyl carbamates (subject to hydrolysis) is 1. The highest BCUT2D eigenvalue weighted by molar-refractivity contribution is 5.92. The Morgan fingerprint density at radius 2 is 1.88 bits per heavy atom. The molecule has 11 heteroatoms. The Hall–Kier alpha value is -5.16. The maximum absolute atomic E-state index is 13.7. The van der Waals surface area contributed by atoms with Gasteiger partial charge in [-0.1, -0.05) is 80.6 Å². The highest BCUT2D eigenvalue weighted by atomic mass is 16.5. The lowest BCUT2D eigenvalue weighted by Crippen LogP contribution is -2.50. The van der Waals surface area contributed by atoms with Crippen LogP contribution in [0, 0.1) is 11.8 Å². The van der Waals surface area contributed by atoms with Crippen LogP contribution in [-0.4, -0.2) is 63.6 Å². The number of hydrogen-bond donors (Lipinski definition) is 4. The molecule has 0 saturated heterocycles. The average Bonchev–Trinajstić information content (AvgIpc) is 3.77. The van der Waals surface area contributed by atoms with Gasteiger partial charge in [0.1, 0.15) is 18.9 Å². The lowest BCUT2D eigenvalue weighted by atomic mass is 9.81. The number of H-pyrrole nitrogens is 1. The van der Waals surface area contributed by atoms with Gasteiger partial charge in [-0.15, -0.1) is 0 Å². The number of fused-ring (bicyclic) bond motifs is 1. The maximum Gasteiger partial charge on any atom is 0.408 e. The largest absolute Gasteiger partial charge is 0.445 e. The minimum absolute atomic E-state index is 0.00485. The Labute approximate surface area is 286 Å². The van der Waals surface area contributed by atoms with Crippen molar-refractivity contribution in [2.45, 2.75) is 58.3 Å². The van der Waals surface area contributed by atoms with E-state index in [2.05, 4.69) is 20.6 Å². The lowest BCUT2D eigenvalue weighted by molar-refractivity contribution is -0.134. The SMILES string of the molecule is CCN(CCC1C=CC=CC1(O)c1nc(C(=O)NCCc2c[nH]c3ccccc23)co1)C(=O)C(CC(C)C)NC(=O)OCc1ccccc1. The quantitative estimate of drug-likeness (QED) is 0.128. The van der Waals surface area contributed by atoms with Gasteiger partial charge in [0.25, 0.3) is 5.91 Å². The van der Waals surface area contributed by atoms with Crippen LogP contribution in [0.3, 0.4) is 0 Å². The fourth-order valence-corrected chi connectivity index (χ4v) is 6.06. The Balaban J connectivity index is 1.18. The molecule has 2 aromatic heterocycles. The van der Waals surface area contributed by atoms with Gasteiger partial charge in [-0.2, -0.15) is 0 Å². The topological polar surface area (TPSA) is 150 Å². The molecule has 1 aliphatic carbocycles. The second-order valence-electron chi connectivity index (χ2n) is 12.7. The second-order valence-corrected chi connectivity index (χ2v) is 12.7. The first kappa shape index (κ1) is 35.2. The van der Waals surface area contributed by atoms with E-state index in [9.17, 15) is 19.5 Å². The first-order valence-corrected chi connectivity index (χ1v) is 16.8. The molecule has 1 aliphatic rings. The van der Waals surface area contributed by atoms with Crippen molar-refractivity contribution in [2.75, 3.05) is 19.6 Å². The number of aromatic nitrogens is 2. The number of allylic oxidation sites excluding steroid dienone is 2. The number of carbonyl (C=O) groups excluding carboxylic acids is 3. The van der Waals surface area contributed by atoms with Gasteiger partial charge in [0.05, 0.1) is 0 Å². The van der Waals surface area contributed by atoms with Crippen LogP contribution in [0.5, 0.6) is 0 Å². The summed E-state index contributed by atoms with van der Waals surface area (Å²) in [6.45, 7) is 7.05. The number of oxazole rings is 1. The number of carbonyl (C=O) groups is 3. The van der Waals surface area contributed by atoms with E-state index in [1.807, 2.05) is 93.7 Å². The summed E-state index contributed by atoms with van der Waals surface area (Å²) in [6, 6.07) is 16.6. The van der Waals surface area contributed by atoms with Crippen LogP contribution in [0.25, 0.3) is 10.9 Å². The third kappa shape index (κ3) is 8.85. The number of aromatic amines is 1. The molecule has 2 aromatic carbocycles. The Bertz CT molecular complexity index is 1780. The number of benzene rings is 2. The predicted molar refractivity (Wildman–Crippen MR) is 186 cm³/mol. The van der Waals surface area contributed by atoms with Crippen LogP contribution in [0.2, 0.25) is 0 Å². The zero-order valence-electron chi connectivity index (χ0n) is 28.2. The standard InChI is InChI=1S/C38H45N5O6/c1-4-43(35(45)32(22-26(2)3)42-37(46)49-24-27-12-6-5-7-13-27)21-18-29-14-10-11-19-38(29,47)36-41-33(25-48-36)34(44)39-20-17-28-23-40-31-16-9-8-15-30(28)31/h5-16,19,23,25-26,29,32,40,47H,4,17-18,20-22,24H2,1-3H3,(H,39,44)(H,42,46). The van der Waals surface area contributed by atoms with Gasteiger partial charge in [0.2, 0.25) is 11.8 Å². The van der Waals surface area contributed by atoms with Gasteiger partial charge in [-0.25, -0.2) is 9.78 Å². The first-order chi connectivity index (χ1) is 23.7. The number of para-hydroxylation sites is 1. The molecule has 3 unspecified atom stereocenters. The van der Waals surface area contributed by atoms with Gasteiger partial charge >= 0.3 is 6.09 Å². The van der Waals surface area contributed by atoms with E-state index in [1.54, 1.807) is 17.1 Å². The molecule has 0 saturated carbocycles. The van der Waals surface area contributed by atoms with Crippen molar-refractivity contribution in [3.8, 4) is 0 Å². The van der Waals surface area contributed by atoms with Crippen LogP contribution in [0.4, 0.5) is 4.79 Å². The lowest BCUT2D eigenvalue weighted by Gasteiger charge is -2.33. The molecule has 11 nitrogen and oxygen atoms in total. The van der Waals surface area contributed by atoms with Gasteiger partial charge in [-0.05, 0) is 55.4 Å². The van der Waals surface area contributed by atoms with Crippen LogP contribution < -0.4 is 10.6 Å². The summed E-state index contributed by atoms with van der Waals surface area (Å²) in [5.41, 5.74) is 1.43. The molecular formula is C38H45N5O6. The highest BCUT2D eigenvalue weighted by Gasteiger charge is 2.41. The number of aliphatic hydroxyl groups is 1. The van der Waals surface area contributed by atoms with Gasteiger partial charge in [0, 0.05) is 42.7 Å². The molecule has 0 aliphatic heterocycles. The summed E-state index contributed by atoms with van der Waals surface area (Å²) in [4.78, 5) is 48.6. The number of rotatable bonds is 15. The normalized spacial score (nSPS) is 17.6.